The summed E-state index contributed by atoms with van der Waals surface area (Å²) < 4.78 is 24.6. The Morgan fingerprint density at radius 2 is 1.76 bits per heavy atom. The molecule has 0 radical (unpaired) electrons. The van der Waals surface area contributed by atoms with Crippen LogP contribution in [0.5, 0.6) is 11.5 Å². The minimum absolute atomic E-state index is 0.159. The summed E-state index contributed by atoms with van der Waals surface area (Å²) in [6, 6.07) is 9.95. The Kier molecular flexibility index (Phi) is 3.37. The molecule has 0 saturated heterocycles. The van der Waals surface area contributed by atoms with Crippen molar-refractivity contribution in [3.05, 3.63) is 58.9 Å². The van der Waals surface area contributed by atoms with Crippen LogP contribution in [0, 0.1) is 19.7 Å². The fraction of sp³-hybridized carbons (Fsp3) is 0.235. The molecule has 1 aliphatic rings. The molecule has 1 aliphatic heterocycles. The van der Waals surface area contributed by atoms with Gasteiger partial charge in [0.15, 0.2) is 17.6 Å². The maximum atomic E-state index is 13.3. The van der Waals surface area contributed by atoms with Gasteiger partial charge in [0.2, 0.25) is 5.78 Å². The van der Waals surface area contributed by atoms with E-state index >= 15 is 0 Å². The van der Waals surface area contributed by atoms with E-state index in [9.17, 15) is 9.18 Å². The number of para-hydroxylation sites is 2. The van der Waals surface area contributed by atoms with Crippen LogP contribution in [0.4, 0.5) is 4.39 Å². The lowest BCUT2D eigenvalue weighted by Crippen LogP contribution is -2.37. The van der Waals surface area contributed by atoms with Crippen LogP contribution in [-0.4, -0.2) is 18.5 Å². The molecule has 0 fully saturated rings. The number of aryl methyl sites for hydroxylation is 2. The van der Waals surface area contributed by atoms with Crippen molar-refractivity contribution in [1.82, 2.24) is 0 Å². The molecule has 0 amide bonds. The predicted octanol–water partition coefficient (Wildman–Crippen LogP) is 3.47. The van der Waals surface area contributed by atoms with Crippen LogP contribution in [-0.2, 0) is 0 Å². The van der Waals surface area contributed by atoms with Crippen LogP contribution in [0.15, 0.2) is 36.4 Å². The molecule has 3 rings (SSSR count). The van der Waals surface area contributed by atoms with Crippen LogP contribution < -0.4 is 9.47 Å². The smallest absolute Gasteiger partial charge is 0.207 e. The molecule has 2 aromatic carbocycles. The fourth-order valence-corrected chi connectivity index (χ4v) is 2.61. The van der Waals surface area contributed by atoms with Gasteiger partial charge in [-0.3, -0.25) is 4.79 Å². The summed E-state index contributed by atoms with van der Waals surface area (Å²) in [7, 11) is 0. The number of hydrogen-bond acceptors (Lipinski definition) is 3. The first kappa shape index (κ1) is 13.6. The number of ether oxygens (including phenoxy) is 2. The van der Waals surface area contributed by atoms with Crippen LogP contribution in [0.25, 0.3) is 0 Å². The van der Waals surface area contributed by atoms with E-state index in [1.807, 2.05) is 12.1 Å². The zero-order chi connectivity index (χ0) is 15.0. The third-order valence-corrected chi connectivity index (χ3v) is 3.54. The van der Waals surface area contributed by atoms with Crippen molar-refractivity contribution in [2.45, 2.75) is 20.0 Å². The highest BCUT2D eigenvalue weighted by molar-refractivity contribution is 6.02. The van der Waals surface area contributed by atoms with Crippen LogP contribution in [0.2, 0.25) is 0 Å². The Labute approximate surface area is 122 Å². The summed E-state index contributed by atoms with van der Waals surface area (Å²) in [4.78, 5) is 12.6. The summed E-state index contributed by atoms with van der Waals surface area (Å²) in [5.41, 5.74) is 1.73. The van der Waals surface area contributed by atoms with Gasteiger partial charge in [0, 0.05) is 5.56 Å². The Morgan fingerprint density at radius 3 is 2.43 bits per heavy atom. The number of fused-ring (bicyclic) bond motifs is 1. The molecule has 2 aromatic rings. The first-order chi connectivity index (χ1) is 10.1. The van der Waals surface area contributed by atoms with E-state index < -0.39 is 6.10 Å². The van der Waals surface area contributed by atoms with E-state index in [1.54, 1.807) is 26.0 Å². The zero-order valence-electron chi connectivity index (χ0n) is 11.9. The molecular formula is C17H15FO3. The minimum Gasteiger partial charge on any atom is -0.485 e. The Balaban J connectivity index is 1.91. The number of hydrogen-bond donors (Lipinski definition) is 0. The molecule has 0 aliphatic carbocycles. The van der Waals surface area contributed by atoms with Crippen molar-refractivity contribution >= 4 is 5.78 Å². The number of ketones is 1. The normalized spacial score (nSPS) is 16.6. The van der Waals surface area contributed by atoms with Gasteiger partial charge in [-0.25, -0.2) is 4.39 Å². The van der Waals surface area contributed by atoms with Crippen molar-refractivity contribution < 1.29 is 18.7 Å². The lowest BCUT2D eigenvalue weighted by atomic mass is 9.96. The highest BCUT2D eigenvalue weighted by atomic mass is 19.1. The van der Waals surface area contributed by atoms with Crippen LogP contribution in [0.1, 0.15) is 21.5 Å². The average Bonchev–Trinajstić information content (AvgIpc) is 2.45. The Morgan fingerprint density at radius 1 is 1.14 bits per heavy atom. The Hall–Kier alpha value is -2.36. The number of benzene rings is 2. The summed E-state index contributed by atoms with van der Waals surface area (Å²) in [5.74, 6) is 0.667. The fourth-order valence-electron chi connectivity index (χ4n) is 2.61. The van der Waals surface area contributed by atoms with Crippen molar-refractivity contribution in [1.29, 1.82) is 0 Å². The van der Waals surface area contributed by atoms with Gasteiger partial charge in [-0.1, -0.05) is 12.1 Å². The van der Waals surface area contributed by atoms with Gasteiger partial charge in [-0.05, 0) is 49.2 Å². The van der Waals surface area contributed by atoms with Crippen LogP contribution >= 0.6 is 0 Å². The molecule has 1 atom stereocenters. The summed E-state index contributed by atoms with van der Waals surface area (Å²) in [6.45, 7) is 3.61. The second-order valence-corrected chi connectivity index (χ2v) is 5.14. The summed E-state index contributed by atoms with van der Waals surface area (Å²) in [5, 5.41) is 0. The largest absolute Gasteiger partial charge is 0.485 e. The predicted molar refractivity (Wildman–Crippen MR) is 76.6 cm³/mol. The van der Waals surface area contributed by atoms with Gasteiger partial charge in [-0.2, -0.15) is 0 Å². The van der Waals surface area contributed by atoms with Crippen molar-refractivity contribution in [2.24, 2.45) is 0 Å². The van der Waals surface area contributed by atoms with Gasteiger partial charge in [0.1, 0.15) is 12.4 Å². The van der Waals surface area contributed by atoms with E-state index in [1.165, 1.54) is 12.1 Å². The first-order valence-electron chi connectivity index (χ1n) is 6.75. The highest BCUT2D eigenvalue weighted by Gasteiger charge is 2.30. The Bertz CT molecular complexity index is 686. The summed E-state index contributed by atoms with van der Waals surface area (Å²) >= 11 is 0. The van der Waals surface area contributed by atoms with Crippen molar-refractivity contribution in [2.75, 3.05) is 6.61 Å². The van der Waals surface area contributed by atoms with E-state index in [2.05, 4.69) is 0 Å². The zero-order valence-corrected chi connectivity index (χ0v) is 11.9. The number of Topliss-reactive ketones (excluding diaryl/α,β-unsaturated/α-hetero) is 1. The maximum absolute atomic E-state index is 13.3. The number of carbonyl (C=O) groups is 1. The molecule has 1 unspecified atom stereocenters. The van der Waals surface area contributed by atoms with Crippen molar-refractivity contribution in [3.8, 4) is 11.5 Å². The molecule has 0 aromatic heterocycles. The number of carbonyl (C=O) groups excluding carboxylic acids is 1. The second-order valence-electron chi connectivity index (χ2n) is 5.14. The molecule has 0 bridgehead atoms. The molecular weight excluding hydrogens is 271 g/mol. The number of halogens is 1. The maximum Gasteiger partial charge on any atom is 0.207 e. The standard InChI is InChI=1S/C17H15FO3/c1-10-7-12(18)8-11(2)16(10)17(19)15-9-20-13-5-3-4-6-14(13)21-15/h3-8,15H,9H2,1-2H3. The van der Waals surface area contributed by atoms with E-state index in [4.69, 9.17) is 9.47 Å². The van der Waals surface area contributed by atoms with E-state index in [0.717, 1.165) is 0 Å². The van der Waals surface area contributed by atoms with Crippen molar-refractivity contribution in [3.63, 3.8) is 0 Å². The van der Waals surface area contributed by atoms with Gasteiger partial charge in [0.25, 0.3) is 0 Å². The molecule has 3 nitrogen and oxygen atoms in total. The van der Waals surface area contributed by atoms with Gasteiger partial charge < -0.3 is 9.47 Å². The van der Waals surface area contributed by atoms with Crippen LogP contribution in [0.3, 0.4) is 0 Å². The molecule has 1 heterocycles. The van der Waals surface area contributed by atoms with Gasteiger partial charge in [-0.15, -0.1) is 0 Å². The van der Waals surface area contributed by atoms with Gasteiger partial charge >= 0.3 is 0 Å². The summed E-state index contributed by atoms with van der Waals surface area (Å²) in [6.07, 6.45) is -0.706. The quantitative estimate of drug-likeness (QED) is 0.793. The molecule has 0 saturated carbocycles. The first-order valence-corrected chi connectivity index (χ1v) is 6.75. The third kappa shape index (κ3) is 2.49. The molecule has 0 spiro atoms. The lowest BCUT2D eigenvalue weighted by molar-refractivity contribution is 0.0584. The number of rotatable bonds is 2. The average molecular weight is 286 g/mol. The van der Waals surface area contributed by atoms with E-state index in [0.29, 0.717) is 28.2 Å². The molecule has 21 heavy (non-hydrogen) atoms. The lowest BCUT2D eigenvalue weighted by Gasteiger charge is -2.26. The van der Waals surface area contributed by atoms with Gasteiger partial charge in [0.05, 0.1) is 0 Å². The van der Waals surface area contributed by atoms with E-state index in [-0.39, 0.29) is 18.2 Å². The third-order valence-electron chi connectivity index (χ3n) is 3.54. The highest BCUT2D eigenvalue weighted by Crippen LogP contribution is 2.32. The topological polar surface area (TPSA) is 35.5 Å². The minimum atomic E-state index is -0.706. The molecule has 4 heteroatoms. The monoisotopic (exact) mass is 286 g/mol. The SMILES string of the molecule is Cc1cc(F)cc(C)c1C(=O)C1COc2ccccc2O1. The molecule has 0 N–H and O–H groups in total. The molecule has 108 valence electrons. The second kappa shape index (κ2) is 5.20.